The standard InChI is InChI=1S/C8H13N/c1-8-6-4-2-3-5-7-9-8/h4-9H,2-3H2,1H3/b6-4-,7-5-. The van der Waals surface area contributed by atoms with E-state index in [-0.39, 0.29) is 0 Å². The quantitative estimate of drug-likeness (QED) is 0.484. The average Bonchev–Trinajstić information content (AvgIpc) is 1.79. The third-order valence-electron chi connectivity index (χ3n) is 1.40. The summed E-state index contributed by atoms with van der Waals surface area (Å²) in [5.41, 5.74) is 0. The minimum atomic E-state index is 0.501. The summed E-state index contributed by atoms with van der Waals surface area (Å²) in [6.45, 7) is 2.14. The van der Waals surface area contributed by atoms with Crippen molar-refractivity contribution in [1.29, 1.82) is 0 Å². The van der Waals surface area contributed by atoms with E-state index < -0.39 is 0 Å². The SMILES string of the molecule is CC1/C=C\CC/C=C\N1. The monoisotopic (exact) mass is 123 g/mol. The molecule has 0 aromatic rings. The molecule has 1 unspecified atom stereocenters. The lowest BCUT2D eigenvalue weighted by atomic mass is 10.2. The average molecular weight is 123 g/mol. The third-order valence-corrected chi connectivity index (χ3v) is 1.40. The number of hydrogen-bond donors (Lipinski definition) is 1. The molecule has 0 amide bonds. The molecule has 0 aliphatic carbocycles. The Morgan fingerprint density at radius 3 is 3.00 bits per heavy atom. The van der Waals surface area contributed by atoms with Crippen LogP contribution in [0.25, 0.3) is 0 Å². The lowest BCUT2D eigenvalue weighted by Crippen LogP contribution is -2.17. The molecule has 1 nitrogen and oxygen atoms in total. The third kappa shape index (κ3) is 2.36. The van der Waals surface area contributed by atoms with E-state index in [0.717, 1.165) is 6.42 Å². The molecule has 1 heterocycles. The number of nitrogens with one attached hydrogen (secondary N) is 1. The maximum atomic E-state index is 3.22. The van der Waals surface area contributed by atoms with Crippen LogP contribution in [0.3, 0.4) is 0 Å². The number of allylic oxidation sites excluding steroid dienone is 2. The van der Waals surface area contributed by atoms with Gasteiger partial charge in [0.05, 0.1) is 0 Å². The highest BCUT2D eigenvalue weighted by Crippen LogP contribution is 1.97. The Labute approximate surface area is 56.5 Å². The van der Waals surface area contributed by atoms with Gasteiger partial charge in [0.1, 0.15) is 0 Å². The van der Waals surface area contributed by atoms with E-state index in [1.165, 1.54) is 6.42 Å². The summed E-state index contributed by atoms with van der Waals surface area (Å²) in [7, 11) is 0. The fourth-order valence-corrected chi connectivity index (χ4v) is 0.852. The molecule has 1 aliphatic rings. The van der Waals surface area contributed by atoms with Gasteiger partial charge in [-0.05, 0) is 26.0 Å². The molecule has 0 aromatic carbocycles. The molecule has 1 N–H and O–H groups in total. The second-order valence-corrected chi connectivity index (χ2v) is 2.36. The first-order valence-electron chi connectivity index (χ1n) is 3.47. The van der Waals surface area contributed by atoms with Crippen molar-refractivity contribution < 1.29 is 0 Å². The first-order valence-corrected chi connectivity index (χ1v) is 3.47. The topological polar surface area (TPSA) is 12.0 Å². The van der Waals surface area contributed by atoms with Gasteiger partial charge in [-0.1, -0.05) is 18.2 Å². The van der Waals surface area contributed by atoms with Crippen LogP contribution in [-0.4, -0.2) is 6.04 Å². The van der Waals surface area contributed by atoms with E-state index in [1.54, 1.807) is 0 Å². The van der Waals surface area contributed by atoms with Gasteiger partial charge in [0, 0.05) is 6.04 Å². The minimum Gasteiger partial charge on any atom is -0.385 e. The van der Waals surface area contributed by atoms with Crippen molar-refractivity contribution in [3.8, 4) is 0 Å². The number of hydrogen-bond acceptors (Lipinski definition) is 1. The molecule has 0 spiro atoms. The van der Waals surface area contributed by atoms with Crippen molar-refractivity contribution in [3.63, 3.8) is 0 Å². The van der Waals surface area contributed by atoms with Crippen LogP contribution in [0.5, 0.6) is 0 Å². The molecular formula is C8H13N. The normalized spacial score (nSPS) is 33.7. The first kappa shape index (κ1) is 6.40. The Morgan fingerprint density at radius 2 is 2.11 bits per heavy atom. The second kappa shape index (κ2) is 3.33. The molecule has 1 atom stereocenters. The lowest BCUT2D eigenvalue weighted by molar-refractivity contribution is 0.753. The van der Waals surface area contributed by atoms with Crippen LogP contribution < -0.4 is 5.32 Å². The Bertz CT molecular complexity index is 125. The predicted octanol–water partition coefficient (Wildman–Crippen LogP) is 1.83. The Hall–Kier alpha value is -0.720. The van der Waals surface area contributed by atoms with Crippen LogP contribution in [0.1, 0.15) is 19.8 Å². The van der Waals surface area contributed by atoms with Gasteiger partial charge in [-0.25, -0.2) is 0 Å². The fourth-order valence-electron chi connectivity index (χ4n) is 0.852. The fraction of sp³-hybridized carbons (Fsp3) is 0.500. The van der Waals surface area contributed by atoms with Gasteiger partial charge in [-0.3, -0.25) is 0 Å². The van der Waals surface area contributed by atoms with E-state index in [4.69, 9.17) is 0 Å². The summed E-state index contributed by atoms with van der Waals surface area (Å²) in [6.07, 6.45) is 11.0. The van der Waals surface area contributed by atoms with E-state index in [9.17, 15) is 0 Å². The van der Waals surface area contributed by atoms with Gasteiger partial charge in [0.15, 0.2) is 0 Å². The van der Waals surface area contributed by atoms with Gasteiger partial charge < -0.3 is 5.32 Å². The van der Waals surface area contributed by atoms with E-state index in [2.05, 4.69) is 30.5 Å². The molecule has 9 heavy (non-hydrogen) atoms. The highest BCUT2D eigenvalue weighted by molar-refractivity contribution is 4.98. The molecule has 1 rings (SSSR count). The van der Waals surface area contributed by atoms with E-state index in [1.807, 2.05) is 6.20 Å². The van der Waals surface area contributed by atoms with Crippen LogP contribution >= 0.6 is 0 Å². The van der Waals surface area contributed by atoms with Crippen LogP contribution in [0.15, 0.2) is 24.4 Å². The Balaban J connectivity index is 2.40. The van der Waals surface area contributed by atoms with E-state index in [0.29, 0.717) is 6.04 Å². The van der Waals surface area contributed by atoms with Crippen molar-refractivity contribution in [2.24, 2.45) is 0 Å². The predicted molar refractivity (Wildman–Crippen MR) is 40.1 cm³/mol. The molecule has 0 saturated heterocycles. The lowest BCUT2D eigenvalue weighted by Gasteiger charge is -2.07. The van der Waals surface area contributed by atoms with Crippen molar-refractivity contribution in [1.82, 2.24) is 5.32 Å². The summed E-state index contributed by atoms with van der Waals surface area (Å²) in [4.78, 5) is 0. The smallest absolute Gasteiger partial charge is 0.0410 e. The summed E-state index contributed by atoms with van der Waals surface area (Å²) < 4.78 is 0. The van der Waals surface area contributed by atoms with Crippen LogP contribution in [0.2, 0.25) is 0 Å². The minimum absolute atomic E-state index is 0.501. The van der Waals surface area contributed by atoms with Gasteiger partial charge in [-0.2, -0.15) is 0 Å². The van der Waals surface area contributed by atoms with Crippen LogP contribution in [-0.2, 0) is 0 Å². The highest BCUT2D eigenvalue weighted by Gasteiger charge is 1.91. The van der Waals surface area contributed by atoms with Gasteiger partial charge >= 0.3 is 0 Å². The molecule has 1 heteroatoms. The molecule has 0 saturated carbocycles. The first-order chi connectivity index (χ1) is 4.39. The van der Waals surface area contributed by atoms with Crippen LogP contribution in [0.4, 0.5) is 0 Å². The summed E-state index contributed by atoms with van der Waals surface area (Å²) in [6, 6.07) is 0.501. The van der Waals surface area contributed by atoms with Gasteiger partial charge in [0.2, 0.25) is 0 Å². The molecule has 0 aromatic heterocycles. The summed E-state index contributed by atoms with van der Waals surface area (Å²) in [5.74, 6) is 0. The summed E-state index contributed by atoms with van der Waals surface area (Å²) >= 11 is 0. The summed E-state index contributed by atoms with van der Waals surface area (Å²) in [5, 5.41) is 3.22. The molecule has 0 bridgehead atoms. The van der Waals surface area contributed by atoms with Gasteiger partial charge in [-0.15, -0.1) is 0 Å². The largest absolute Gasteiger partial charge is 0.385 e. The molecule has 0 fully saturated rings. The van der Waals surface area contributed by atoms with E-state index >= 15 is 0 Å². The zero-order valence-electron chi connectivity index (χ0n) is 5.80. The highest BCUT2D eigenvalue weighted by atomic mass is 14.9. The van der Waals surface area contributed by atoms with Crippen molar-refractivity contribution in [2.45, 2.75) is 25.8 Å². The van der Waals surface area contributed by atoms with Crippen molar-refractivity contribution in [2.75, 3.05) is 0 Å². The van der Waals surface area contributed by atoms with Crippen molar-refractivity contribution in [3.05, 3.63) is 24.4 Å². The molecule has 0 radical (unpaired) electrons. The van der Waals surface area contributed by atoms with Crippen LogP contribution in [0, 0.1) is 0 Å². The zero-order chi connectivity index (χ0) is 6.53. The molecule has 1 aliphatic heterocycles. The zero-order valence-corrected chi connectivity index (χ0v) is 5.80. The molecule has 50 valence electrons. The van der Waals surface area contributed by atoms with Crippen molar-refractivity contribution >= 4 is 0 Å². The maximum Gasteiger partial charge on any atom is 0.0410 e. The number of rotatable bonds is 0. The van der Waals surface area contributed by atoms with Gasteiger partial charge in [0.25, 0.3) is 0 Å². The Morgan fingerprint density at radius 1 is 1.33 bits per heavy atom. The molecular weight excluding hydrogens is 110 g/mol. The Kier molecular flexibility index (Phi) is 2.37. The maximum absolute atomic E-state index is 3.22. The second-order valence-electron chi connectivity index (χ2n) is 2.36.